The fraction of sp³-hybridized carbons (Fsp3) is 0.269. The molecule has 0 atom stereocenters. The lowest BCUT2D eigenvalue weighted by Crippen LogP contribution is -2.42. The fourth-order valence-corrected chi connectivity index (χ4v) is 4.37. The van der Waals surface area contributed by atoms with Gasteiger partial charge in [-0.2, -0.15) is 5.10 Å². The van der Waals surface area contributed by atoms with Crippen LogP contribution in [-0.4, -0.2) is 28.2 Å². The smallest absolute Gasteiger partial charge is 0.399 e. The van der Waals surface area contributed by atoms with Crippen LogP contribution in [-0.2, 0) is 12.1 Å². The summed E-state index contributed by atoms with van der Waals surface area (Å²) in [6, 6.07) is 19.2. The van der Waals surface area contributed by atoms with Gasteiger partial charge in [-0.25, -0.2) is 4.79 Å². The zero-order valence-corrected chi connectivity index (χ0v) is 21.0. The van der Waals surface area contributed by atoms with E-state index in [9.17, 15) is 9.59 Å². The van der Waals surface area contributed by atoms with E-state index in [0.717, 1.165) is 17.7 Å². The standard InChI is InChI=1S/C26H29N5O3S/c1-16(2)27-15-17-10-12-18(13-11-17)23(32)28-22-20-14-21(35-24(20)31-30-22)34-25(33)29-26(3,4)19-8-6-5-7-9-19/h5-14,16,27H,15H2,1-4H3,(H,29,33)(H2,28,30,31,32). The molecule has 0 fully saturated rings. The predicted molar refractivity (Wildman–Crippen MR) is 139 cm³/mol. The van der Waals surface area contributed by atoms with E-state index in [4.69, 9.17) is 4.74 Å². The highest BCUT2D eigenvalue weighted by Crippen LogP contribution is 2.34. The Kier molecular flexibility index (Phi) is 7.18. The highest BCUT2D eigenvalue weighted by Gasteiger charge is 2.24. The van der Waals surface area contributed by atoms with Gasteiger partial charge in [0.1, 0.15) is 4.83 Å². The van der Waals surface area contributed by atoms with Crippen LogP contribution in [0, 0.1) is 0 Å². The van der Waals surface area contributed by atoms with Crippen molar-refractivity contribution < 1.29 is 14.3 Å². The van der Waals surface area contributed by atoms with E-state index in [2.05, 4.69) is 40.0 Å². The first-order valence-corrected chi connectivity index (χ1v) is 12.2. The van der Waals surface area contributed by atoms with Crippen LogP contribution in [0.5, 0.6) is 5.06 Å². The van der Waals surface area contributed by atoms with Gasteiger partial charge in [0, 0.05) is 24.2 Å². The number of hydrogen-bond donors (Lipinski definition) is 4. The first-order valence-electron chi connectivity index (χ1n) is 11.4. The van der Waals surface area contributed by atoms with Crippen LogP contribution in [0.25, 0.3) is 10.2 Å². The minimum absolute atomic E-state index is 0.266. The number of hydrogen-bond acceptors (Lipinski definition) is 6. The summed E-state index contributed by atoms with van der Waals surface area (Å²) < 4.78 is 5.51. The number of carbonyl (C=O) groups excluding carboxylic acids is 2. The van der Waals surface area contributed by atoms with Crippen LogP contribution >= 0.6 is 11.3 Å². The maximum absolute atomic E-state index is 12.7. The molecule has 0 radical (unpaired) electrons. The number of amides is 2. The van der Waals surface area contributed by atoms with Crippen molar-refractivity contribution in [3.8, 4) is 5.06 Å². The molecule has 0 aliphatic rings. The van der Waals surface area contributed by atoms with Gasteiger partial charge >= 0.3 is 6.09 Å². The molecule has 0 saturated heterocycles. The molecular weight excluding hydrogens is 462 g/mol. The number of nitrogens with zero attached hydrogens (tertiary/aromatic N) is 1. The Morgan fingerprint density at radius 2 is 1.80 bits per heavy atom. The average Bonchev–Trinajstić information content (AvgIpc) is 3.39. The number of aromatic amines is 1. The molecule has 0 bridgehead atoms. The SMILES string of the molecule is CC(C)NCc1ccc(C(=O)Nc2n[nH]c3sc(OC(=O)NC(C)(C)c4ccccc4)cc23)cc1. The first-order chi connectivity index (χ1) is 16.7. The minimum atomic E-state index is -0.600. The predicted octanol–water partition coefficient (Wildman–Crippen LogP) is 5.40. The number of benzene rings is 2. The highest BCUT2D eigenvalue weighted by molar-refractivity contribution is 7.20. The van der Waals surface area contributed by atoms with E-state index in [-0.39, 0.29) is 5.91 Å². The average molecular weight is 492 g/mol. The number of carbonyl (C=O) groups is 2. The molecule has 2 aromatic carbocycles. The Morgan fingerprint density at radius 3 is 2.49 bits per heavy atom. The van der Waals surface area contributed by atoms with Crippen LogP contribution in [0.15, 0.2) is 60.7 Å². The van der Waals surface area contributed by atoms with Gasteiger partial charge in [0.25, 0.3) is 5.91 Å². The Morgan fingerprint density at radius 1 is 1.09 bits per heavy atom. The zero-order chi connectivity index (χ0) is 25.0. The van der Waals surface area contributed by atoms with Gasteiger partial charge in [-0.3, -0.25) is 9.89 Å². The molecule has 4 aromatic rings. The second-order valence-corrected chi connectivity index (χ2v) is 10.1. The lowest BCUT2D eigenvalue weighted by Gasteiger charge is -2.26. The summed E-state index contributed by atoms with van der Waals surface area (Å²) >= 11 is 1.24. The quantitative estimate of drug-likeness (QED) is 0.264. The maximum atomic E-state index is 12.7. The number of thiophene rings is 1. The van der Waals surface area contributed by atoms with E-state index < -0.39 is 11.6 Å². The molecule has 2 heterocycles. The first kappa shape index (κ1) is 24.4. The van der Waals surface area contributed by atoms with Crippen LogP contribution in [0.1, 0.15) is 49.2 Å². The van der Waals surface area contributed by atoms with E-state index in [0.29, 0.717) is 32.7 Å². The lowest BCUT2D eigenvalue weighted by molar-refractivity contribution is 0.102. The van der Waals surface area contributed by atoms with E-state index >= 15 is 0 Å². The number of H-pyrrole nitrogens is 1. The second-order valence-electron chi connectivity index (χ2n) is 9.07. The van der Waals surface area contributed by atoms with Crippen molar-refractivity contribution in [1.82, 2.24) is 20.8 Å². The monoisotopic (exact) mass is 491 g/mol. The molecule has 8 nitrogen and oxygen atoms in total. The third-order valence-electron chi connectivity index (χ3n) is 5.50. The van der Waals surface area contributed by atoms with Gasteiger partial charge in [0.15, 0.2) is 10.9 Å². The molecule has 182 valence electrons. The molecule has 0 spiro atoms. The summed E-state index contributed by atoms with van der Waals surface area (Å²) in [6.07, 6.45) is -0.562. The van der Waals surface area contributed by atoms with Crippen molar-refractivity contribution in [2.75, 3.05) is 5.32 Å². The van der Waals surface area contributed by atoms with Crippen LogP contribution in [0.3, 0.4) is 0 Å². The molecular formula is C26H29N5O3S. The number of nitrogens with one attached hydrogen (secondary N) is 4. The van der Waals surface area contributed by atoms with Crippen molar-refractivity contribution in [2.24, 2.45) is 0 Å². The van der Waals surface area contributed by atoms with Crippen molar-refractivity contribution in [3.05, 3.63) is 77.4 Å². The molecule has 4 N–H and O–H groups in total. The number of aromatic nitrogens is 2. The third-order valence-corrected chi connectivity index (χ3v) is 6.42. The zero-order valence-electron chi connectivity index (χ0n) is 20.1. The van der Waals surface area contributed by atoms with Crippen LogP contribution in [0.2, 0.25) is 0 Å². The van der Waals surface area contributed by atoms with E-state index in [1.807, 2.05) is 56.3 Å². The van der Waals surface area contributed by atoms with Gasteiger partial charge < -0.3 is 20.7 Å². The third kappa shape index (κ3) is 6.06. The molecule has 9 heteroatoms. The van der Waals surface area contributed by atoms with Crippen molar-refractivity contribution in [1.29, 1.82) is 0 Å². The topological polar surface area (TPSA) is 108 Å². The van der Waals surface area contributed by atoms with E-state index in [1.54, 1.807) is 18.2 Å². The highest BCUT2D eigenvalue weighted by atomic mass is 32.1. The van der Waals surface area contributed by atoms with E-state index in [1.165, 1.54) is 11.3 Å². The van der Waals surface area contributed by atoms with Gasteiger partial charge in [-0.15, -0.1) is 0 Å². The van der Waals surface area contributed by atoms with Crippen LogP contribution in [0.4, 0.5) is 10.6 Å². The fourth-order valence-electron chi connectivity index (χ4n) is 3.51. The maximum Gasteiger partial charge on any atom is 0.414 e. The Bertz CT molecular complexity index is 1310. The molecule has 0 saturated carbocycles. The van der Waals surface area contributed by atoms with Crippen molar-refractivity contribution in [2.45, 2.75) is 45.8 Å². The van der Waals surface area contributed by atoms with Crippen LogP contribution < -0.4 is 20.7 Å². The molecule has 2 aromatic heterocycles. The number of anilines is 1. The summed E-state index contributed by atoms with van der Waals surface area (Å²) in [5.41, 5.74) is 2.00. The van der Waals surface area contributed by atoms with Gasteiger partial charge in [0.05, 0.1) is 10.9 Å². The molecule has 0 unspecified atom stereocenters. The summed E-state index contributed by atoms with van der Waals surface area (Å²) in [7, 11) is 0. The number of fused-ring (bicyclic) bond motifs is 1. The molecule has 2 amide bonds. The van der Waals surface area contributed by atoms with Gasteiger partial charge in [-0.1, -0.05) is 67.6 Å². The summed E-state index contributed by atoms with van der Waals surface area (Å²) in [6.45, 7) is 8.74. The largest absolute Gasteiger partial charge is 0.414 e. The van der Waals surface area contributed by atoms with Crippen molar-refractivity contribution in [3.63, 3.8) is 0 Å². The van der Waals surface area contributed by atoms with Gasteiger partial charge in [-0.05, 0) is 37.1 Å². The Balaban J connectivity index is 1.40. The van der Waals surface area contributed by atoms with Crippen molar-refractivity contribution >= 4 is 39.4 Å². The summed E-state index contributed by atoms with van der Waals surface area (Å²) in [5, 5.41) is 17.2. The molecule has 0 aliphatic heterocycles. The molecule has 4 rings (SSSR count). The second kappa shape index (κ2) is 10.3. The summed E-state index contributed by atoms with van der Waals surface area (Å²) in [5.74, 6) is 0.115. The minimum Gasteiger partial charge on any atom is -0.399 e. The normalized spacial score (nSPS) is 11.6. The van der Waals surface area contributed by atoms with Gasteiger partial charge in [0.2, 0.25) is 0 Å². The Labute approximate surface area is 208 Å². The molecule has 35 heavy (non-hydrogen) atoms. The number of ether oxygens (including phenoxy) is 1. The number of rotatable bonds is 8. The lowest BCUT2D eigenvalue weighted by atomic mass is 9.95. The Hall–Kier alpha value is -3.69. The molecule has 0 aliphatic carbocycles. The summed E-state index contributed by atoms with van der Waals surface area (Å²) in [4.78, 5) is 26.0.